The maximum absolute atomic E-state index is 13.2. The van der Waals surface area contributed by atoms with Gasteiger partial charge in [0.1, 0.15) is 5.58 Å². The van der Waals surface area contributed by atoms with Gasteiger partial charge in [0.25, 0.3) is 5.56 Å². The Kier molecular flexibility index (Phi) is 4.62. The van der Waals surface area contributed by atoms with Gasteiger partial charge in [-0.05, 0) is 42.0 Å². The first kappa shape index (κ1) is 18.6. The molecule has 2 aromatic heterocycles. The fourth-order valence-corrected chi connectivity index (χ4v) is 3.51. The Morgan fingerprint density at radius 3 is 2.57 bits per heavy atom. The van der Waals surface area contributed by atoms with Crippen molar-refractivity contribution in [2.45, 2.75) is 0 Å². The Balaban J connectivity index is 1.73. The lowest BCUT2D eigenvalue weighted by atomic mass is 10.2. The van der Waals surface area contributed by atoms with Crippen LogP contribution in [0.4, 0.5) is 0 Å². The van der Waals surface area contributed by atoms with Crippen molar-refractivity contribution < 1.29 is 4.42 Å². The Bertz CT molecular complexity index is 1470. The number of benzene rings is 3. The van der Waals surface area contributed by atoms with Crippen molar-refractivity contribution in [3.8, 4) is 11.6 Å². The average Bonchev–Trinajstić information content (AvgIpc) is 3.19. The van der Waals surface area contributed by atoms with E-state index in [1.165, 1.54) is 10.9 Å². The highest BCUT2D eigenvalue weighted by molar-refractivity contribution is 6.42. The molecule has 0 fully saturated rings. The SMILES string of the molecule is O=c1c2ccccc2nc(-c2cc3ccccc3o2)n1N=Cc1ccc(Cl)c(Cl)c1. The van der Waals surface area contributed by atoms with Crippen LogP contribution in [-0.4, -0.2) is 15.9 Å². The summed E-state index contributed by atoms with van der Waals surface area (Å²) in [6.07, 6.45) is 1.53. The second-order valence-electron chi connectivity index (χ2n) is 6.64. The molecule has 0 aliphatic rings. The Morgan fingerprint density at radius 2 is 1.73 bits per heavy atom. The van der Waals surface area contributed by atoms with Gasteiger partial charge in [-0.3, -0.25) is 4.79 Å². The summed E-state index contributed by atoms with van der Waals surface area (Å²) in [7, 11) is 0. The summed E-state index contributed by atoms with van der Waals surface area (Å²) in [5, 5.41) is 6.62. The number of hydrogen-bond donors (Lipinski definition) is 0. The van der Waals surface area contributed by atoms with Gasteiger partial charge in [0.2, 0.25) is 5.82 Å². The summed E-state index contributed by atoms with van der Waals surface area (Å²) in [4.78, 5) is 17.9. The maximum atomic E-state index is 13.2. The fraction of sp³-hybridized carbons (Fsp3) is 0. The van der Waals surface area contributed by atoms with E-state index in [0.29, 0.717) is 43.7 Å². The van der Waals surface area contributed by atoms with Crippen LogP contribution < -0.4 is 5.56 Å². The van der Waals surface area contributed by atoms with Crippen molar-refractivity contribution in [1.82, 2.24) is 9.66 Å². The lowest BCUT2D eigenvalue weighted by Crippen LogP contribution is -2.20. The van der Waals surface area contributed by atoms with Crippen LogP contribution in [0.15, 0.2) is 87.1 Å². The molecule has 2 heterocycles. The molecule has 0 bridgehead atoms. The zero-order chi connectivity index (χ0) is 20.7. The van der Waals surface area contributed by atoms with Gasteiger partial charge in [0, 0.05) is 5.39 Å². The van der Waals surface area contributed by atoms with E-state index < -0.39 is 0 Å². The van der Waals surface area contributed by atoms with Gasteiger partial charge in [-0.1, -0.05) is 59.6 Å². The summed E-state index contributed by atoms with van der Waals surface area (Å²) in [6, 6.07) is 21.7. The predicted octanol–water partition coefficient (Wildman–Crippen LogP) is 6.00. The topological polar surface area (TPSA) is 60.4 Å². The van der Waals surface area contributed by atoms with Gasteiger partial charge >= 0.3 is 0 Å². The van der Waals surface area contributed by atoms with Gasteiger partial charge in [0.15, 0.2) is 5.76 Å². The van der Waals surface area contributed by atoms with E-state index in [9.17, 15) is 4.79 Å². The fourth-order valence-electron chi connectivity index (χ4n) is 3.20. The normalized spacial score (nSPS) is 11.7. The zero-order valence-corrected chi connectivity index (χ0v) is 16.9. The summed E-state index contributed by atoms with van der Waals surface area (Å²) < 4.78 is 7.19. The highest BCUT2D eigenvalue weighted by Gasteiger charge is 2.16. The first-order valence-corrected chi connectivity index (χ1v) is 9.86. The molecule has 0 unspecified atom stereocenters. The molecular formula is C23H13Cl2N3O2. The molecule has 5 rings (SSSR count). The molecule has 0 aliphatic heterocycles. The van der Waals surface area contributed by atoms with Gasteiger partial charge in [-0.25, -0.2) is 4.98 Å². The number of hydrogen-bond acceptors (Lipinski definition) is 4. The number of nitrogens with zero attached hydrogens (tertiary/aromatic N) is 3. The molecule has 0 radical (unpaired) electrons. The van der Waals surface area contributed by atoms with Crippen molar-refractivity contribution in [2.24, 2.45) is 5.10 Å². The van der Waals surface area contributed by atoms with Gasteiger partial charge in [-0.2, -0.15) is 9.78 Å². The van der Waals surface area contributed by atoms with E-state index >= 15 is 0 Å². The summed E-state index contributed by atoms with van der Waals surface area (Å²) in [6.45, 7) is 0. The number of halogens is 2. The summed E-state index contributed by atoms with van der Waals surface area (Å²) in [5.74, 6) is 0.761. The first-order chi connectivity index (χ1) is 14.6. The van der Waals surface area contributed by atoms with Crippen LogP contribution in [0.5, 0.6) is 0 Å². The van der Waals surface area contributed by atoms with Crippen molar-refractivity contribution in [3.63, 3.8) is 0 Å². The van der Waals surface area contributed by atoms with E-state index in [-0.39, 0.29) is 5.56 Å². The lowest BCUT2D eigenvalue weighted by Gasteiger charge is -2.07. The number of fused-ring (bicyclic) bond motifs is 2. The molecule has 0 atom stereocenters. The molecule has 3 aromatic carbocycles. The van der Waals surface area contributed by atoms with Crippen LogP contribution in [0.25, 0.3) is 33.5 Å². The van der Waals surface area contributed by atoms with Crippen LogP contribution in [0.1, 0.15) is 5.56 Å². The van der Waals surface area contributed by atoms with Crippen LogP contribution >= 0.6 is 23.2 Å². The van der Waals surface area contributed by atoms with Crippen molar-refractivity contribution in [2.75, 3.05) is 0 Å². The standard InChI is InChI=1S/C23H13Cl2N3O2/c24-17-10-9-14(11-18(17)25)13-26-28-22(21-12-15-5-1-4-8-20(15)30-21)27-19-7-3-2-6-16(19)23(28)29/h1-13H. The monoisotopic (exact) mass is 433 g/mol. The van der Waals surface area contributed by atoms with E-state index in [4.69, 9.17) is 27.6 Å². The third-order valence-corrected chi connectivity index (χ3v) is 5.40. The van der Waals surface area contributed by atoms with Crippen molar-refractivity contribution in [3.05, 3.63) is 98.8 Å². The lowest BCUT2D eigenvalue weighted by molar-refractivity contribution is 0.616. The third-order valence-electron chi connectivity index (χ3n) is 4.67. The summed E-state index contributed by atoms with van der Waals surface area (Å²) >= 11 is 12.1. The minimum absolute atomic E-state index is 0.299. The largest absolute Gasteiger partial charge is 0.453 e. The van der Waals surface area contributed by atoms with E-state index in [1.807, 2.05) is 36.4 Å². The minimum Gasteiger partial charge on any atom is -0.453 e. The number of aromatic nitrogens is 2. The quantitative estimate of drug-likeness (QED) is 0.327. The molecule has 0 saturated carbocycles. The van der Waals surface area contributed by atoms with E-state index in [2.05, 4.69) is 10.1 Å². The van der Waals surface area contributed by atoms with Gasteiger partial charge in [-0.15, -0.1) is 0 Å². The van der Waals surface area contributed by atoms with Crippen LogP contribution in [0.3, 0.4) is 0 Å². The molecule has 0 aliphatic carbocycles. The third kappa shape index (κ3) is 3.28. The Morgan fingerprint density at radius 1 is 0.933 bits per heavy atom. The first-order valence-electron chi connectivity index (χ1n) is 9.10. The molecular weight excluding hydrogens is 421 g/mol. The average molecular weight is 434 g/mol. The Labute approximate surface area is 180 Å². The number of furan rings is 1. The highest BCUT2D eigenvalue weighted by Crippen LogP contribution is 2.27. The van der Waals surface area contributed by atoms with E-state index in [1.54, 1.807) is 36.4 Å². The molecule has 30 heavy (non-hydrogen) atoms. The minimum atomic E-state index is -0.299. The second kappa shape index (κ2) is 7.44. The maximum Gasteiger partial charge on any atom is 0.282 e. The molecule has 0 N–H and O–H groups in total. The van der Waals surface area contributed by atoms with Gasteiger partial charge in [0.05, 0.1) is 27.2 Å². The Hall–Kier alpha value is -3.41. The highest BCUT2D eigenvalue weighted by atomic mass is 35.5. The van der Waals surface area contributed by atoms with Crippen LogP contribution in [0.2, 0.25) is 10.0 Å². The molecule has 146 valence electrons. The van der Waals surface area contributed by atoms with Crippen molar-refractivity contribution >= 4 is 51.3 Å². The number of rotatable bonds is 3. The second-order valence-corrected chi connectivity index (χ2v) is 7.45. The molecule has 0 spiro atoms. The number of para-hydroxylation sites is 2. The molecule has 7 heteroatoms. The zero-order valence-electron chi connectivity index (χ0n) is 15.4. The van der Waals surface area contributed by atoms with Crippen LogP contribution in [-0.2, 0) is 0 Å². The smallest absolute Gasteiger partial charge is 0.282 e. The predicted molar refractivity (Wildman–Crippen MR) is 121 cm³/mol. The molecule has 5 aromatic rings. The van der Waals surface area contributed by atoms with Crippen LogP contribution in [0, 0.1) is 0 Å². The van der Waals surface area contributed by atoms with E-state index in [0.717, 1.165) is 5.39 Å². The summed E-state index contributed by atoms with van der Waals surface area (Å²) in [5.41, 5.74) is 1.67. The van der Waals surface area contributed by atoms with Gasteiger partial charge < -0.3 is 4.42 Å². The molecule has 0 amide bonds. The molecule has 0 saturated heterocycles. The molecule has 5 nitrogen and oxygen atoms in total. The van der Waals surface area contributed by atoms with Crippen molar-refractivity contribution in [1.29, 1.82) is 0 Å².